The first-order valence-corrected chi connectivity index (χ1v) is 6.76. The fourth-order valence-corrected chi connectivity index (χ4v) is 2.85. The van der Waals surface area contributed by atoms with Gasteiger partial charge in [0.2, 0.25) is 0 Å². The number of anilines is 1. The lowest BCUT2D eigenvalue weighted by atomic mass is 9.99. The molecule has 1 aliphatic heterocycles. The summed E-state index contributed by atoms with van der Waals surface area (Å²) in [6, 6.07) is 6.40. The Hall–Kier alpha value is -0.730. The van der Waals surface area contributed by atoms with E-state index in [1.54, 1.807) is 0 Å². The van der Waals surface area contributed by atoms with Gasteiger partial charge < -0.3 is 10.2 Å². The van der Waals surface area contributed by atoms with Gasteiger partial charge in [-0.25, -0.2) is 0 Å². The number of nitrogens with one attached hydrogen (secondary N) is 1. The van der Waals surface area contributed by atoms with Crippen molar-refractivity contribution < 1.29 is 0 Å². The Balaban J connectivity index is 2.15. The van der Waals surface area contributed by atoms with Crippen LogP contribution >= 0.6 is 11.6 Å². The highest BCUT2D eigenvalue weighted by molar-refractivity contribution is 6.33. The maximum absolute atomic E-state index is 6.38. The van der Waals surface area contributed by atoms with Crippen LogP contribution in [0.4, 0.5) is 5.69 Å². The van der Waals surface area contributed by atoms with E-state index in [-0.39, 0.29) is 0 Å². The highest BCUT2D eigenvalue weighted by Gasteiger charge is 2.18. The van der Waals surface area contributed by atoms with E-state index in [9.17, 15) is 0 Å². The topological polar surface area (TPSA) is 15.3 Å². The minimum absolute atomic E-state index is 0.775. The molecule has 3 heteroatoms. The second-order valence-electron chi connectivity index (χ2n) is 5.01. The maximum atomic E-state index is 6.38. The fourth-order valence-electron chi connectivity index (χ4n) is 2.53. The van der Waals surface area contributed by atoms with Crippen molar-refractivity contribution in [1.29, 1.82) is 0 Å². The Morgan fingerprint density at radius 1 is 1.47 bits per heavy atom. The molecule has 1 atom stereocenters. The summed E-state index contributed by atoms with van der Waals surface area (Å²) in [6.45, 7) is 5.45. The number of piperidine rings is 1. The fraction of sp³-hybridized carbons (Fsp3) is 0.571. The molecule has 1 N–H and O–H groups in total. The molecule has 0 spiro atoms. The van der Waals surface area contributed by atoms with Crippen molar-refractivity contribution in [3.05, 3.63) is 28.8 Å². The molecule has 0 saturated carbocycles. The third kappa shape index (κ3) is 3.14. The van der Waals surface area contributed by atoms with Crippen LogP contribution in [0.3, 0.4) is 0 Å². The molecule has 1 aromatic carbocycles. The molecule has 0 aromatic heterocycles. The summed E-state index contributed by atoms with van der Waals surface area (Å²) in [6.07, 6.45) is 2.61. The number of hydrogen-bond donors (Lipinski definition) is 1. The molecule has 1 heterocycles. The molecular formula is C14H21ClN2. The van der Waals surface area contributed by atoms with E-state index < -0.39 is 0 Å². The quantitative estimate of drug-likeness (QED) is 0.888. The van der Waals surface area contributed by atoms with Crippen molar-refractivity contribution in [2.24, 2.45) is 5.92 Å². The van der Waals surface area contributed by atoms with Crippen LogP contribution in [-0.2, 0) is 6.54 Å². The maximum Gasteiger partial charge on any atom is 0.0642 e. The first-order chi connectivity index (χ1) is 8.20. The van der Waals surface area contributed by atoms with Crippen molar-refractivity contribution in [2.75, 3.05) is 25.0 Å². The number of nitrogens with zero attached hydrogens (tertiary/aromatic N) is 1. The van der Waals surface area contributed by atoms with Gasteiger partial charge in [-0.3, -0.25) is 0 Å². The van der Waals surface area contributed by atoms with Gasteiger partial charge in [-0.05, 0) is 43.5 Å². The van der Waals surface area contributed by atoms with E-state index in [0.717, 1.165) is 30.6 Å². The molecule has 1 unspecified atom stereocenters. The number of benzene rings is 1. The molecule has 17 heavy (non-hydrogen) atoms. The molecule has 2 nitrogen and oxygen atoms in total. The van der Waals surface area contributed by atoms with Crippen molar-refractivity contribution in [3.8, 4) is 0 Å². The van der Waals surface area contributed by atoms with Gasteiger partial charge in [0.15, 0.2) is 0 Å². The average Bonchev–Trinajstić information content (AvgIpc) is 2.29. The Bertz CT molecular complexity index is 378. The van der Waals surface area contributed by atoms with Crippen molar-refractivity contribution >= 4 is 17.3 Å². The van der Waals surface area contributed by atoms with Gasteiger partial charge >= 0.3 is 0 Å². The number of hydrogen-bond acceptors (Lipinski definition) is 2. The van der Waals surface area contributed by atoms with Gasteiger partial charge in [0.25, 0.3) is 0 Å². The first kappa shape index (κ1) is 12.7. The lowest BCUT2D eigenvalue weighted by Crippen LogP contribution is -2.34. The lowest BCUT2D eigenvalue weighted by molar-refractivity contribution is 0.447. The molecule has 1 fully saturated rings. The molecular weight excluding hydrogens is 232 g/mol. The van der Waals surface area contributed by atoms with Gasteiger partial charge in [0.1, 0.15) is 0 Å². The van der Waals surface area contributed by atoms with Gasteiger partial charge in [-0.1, -0.05) is 24.6 Å². The summed E-state index contributed by atoms with van der Waals surface area (Å²) < 4.78 is 0. The third-order valence-electron chi connectivity index (χ3n) is 3.39. The lowest BCUT2D eigenvalue weighted by Gasteiger charge is -2.33. The molecule has 0 radical (unpaired) electrons. The van der Waals surface area contributed by atoms with E-state index in [4.69, 9.17) is 11.6 Å². The van der Waals surface area contributed by atoms with Crippen LogP contribution in [-0.4, -0.2) is 20.1 Å². The van der Waals surface area contributed by atoms with Gasteiger partial charge in [0, 0.05) is 19.6 Å². The Kier molecular flexibility index (Phi) is 4.30. The summed E-state index contributed by atoms with van der Waals surface area (Å²) in [4.78, 5) is 2.42. The smallest absolute Gasteiger partial charge is 0.0642 e. The molecule has 0 bridgehead atoms. The zero-order valence-corrected chi connectivity index (χ0v) is 11.4. The Labute approximate surface area is 109 Å². The first-order valence-electron chi connectivity index (χ1n) is 6.38. The molecule has 0 aliphatic carbocycles. The van der Waals surface area contributed by atoms with Gasteiger partial charge in [-0.15, -0.1) is 0 Å². The van der Waals surface area contributed by atoms with Crippen LogP contribution in [0.2, 0.25) is 5.02 Å². The molecule has 1 aromatic rings. The van der Waals surface area contributed by atoms with Crippen LogP contribution < -0.4 is 10.2 Å². The van der Waals surface area contributed by atoms with Crippen LogP contribution in [0.5, 0.6) is 0 Å². The van der Waals surface area contributed by atoms with E-state index in [1.807, 2.05) is 7.05 Å². The van der Waals surface area contributed by atoms with Gasteiger partial charge in [-0.2, -0.15) is 0 Å². The second kappa shape index (κ2) is 5.74. The molecule has 1 saturated heterocycles. The molecule has 2 rings (SSSR count). The van der Waals surface area contributed by atoms with E-state index >= 15 is 0 Å². The van der Waals surface area contributed by atoms with E-state index in [2.05, 4.69) is 35.3 Å². The highest BCUT2D eigenvalue weighted by Crippen LogP contribution is 2.30. The standard InChI is InChI=1S/C14H21ClN2/c1-11-4-3-7-17(10-11)14-6-5-12(9-16-2)8-13(14)15/h5-6,8,11,16H,3-4,7,9-10H2,1-2H3. The zero-order chi connectivity index (χ0) is 12.3. The second-order valence-corrected chi connectivity index (χ2v) is 5.42. The monoisotopic (exact) mass is 252 g/mol. The summed E-state index contributed by atoms with van der Waals surface area (Å²) >= 11 is 6.38. The number of halogens is 1. The average molecular weight is 253 g/mol. The Morgan fingerprint density at radius 3 is 2.94 bits per heavy atom. The van der Waals surface area contributed by atoms with Crippen molar-refractivity contribution in [2.45, 2.75) is 26.3 Å². The summed E-state index contributed by atoms with van der Waals surface area (Å²) in [5.41, 5.74) is 2.43. The predicted octanol–water partition coefficient (Wildman–Crippen LogP) is 3.30. The van der Waals surface area contributed by atoms with Crippen LogP contribution in [0.1, 0.15) is 25.3 Å². The van der Waals surface area contributed by atoms with Crippen LogP contribution in [0, 0.1) is 5.92 Å². The van der Waals surface area contributed by atoms with Crippen LogP contribution in [0.25, 0.3) is 0 Å². The van der Waals surface area contributed by atoms with E-state index in [0.29, 0.717) is 0 Å². The largest absolute Gasteiger partial charge is 0.370 e. The van der Waals surface area contributed by atoms with Gasteiger partial charge in [0.05, 0.1) is 10.7 Å². The van der Waals surface area contributed by atoms with Crippen molar-refractivity contribution in [1.82, 2.24) is 5.32 Å². The van der Waals surface area contributed by atoms with Crippen LogP contribution in [0.15, 0.2) is 18.2 Å². The molecule has 0 amide bonds. The minimum Gasteiger partial charge on any atom is -0.370 e. The highest BCUT2D eigenvalue weighted by atomic mass is 35.5. The Morgan fingerprint density at radius 2 is 2.29 bits per heavy atom. The zero-order valence-electron chi connectivity index (χ0n) is 10.7. The SMILES string of the molecule is CNCc1ccc(N2CCCC(C)C2)c(Cl)c1. The predicted molar refractivity (Wildman–Crippen MR) is 74.8 cm³/mol. The molecule has 94 valence electrons. The number of rotatable bonds is 3. The normalized spacial score (nSPS) is 20.6. The summed E-state index contributed by atoms with van der Waals surface area (Å²) in [5.74, 6) is 0.775. The minimum atomic E-state index is 0.775. The summed E-state index contributed by atoms with van der Waals surface area (Å²) in [5, 5.41) is 4.03. The van der Waals surface area contributed by atoms with E-state index in [1.165, 1.54) is 24.1 Å². The third-order valence-corrected chi connectivity index (χ3v) is 3.69. The molecule has 1 aliphatic rings. The summed E-state index contributed by atoms with van der Waals surface area (Å²) in [7, 11) is 1.95. The van der Waals surface area contributed by atoms with Crippen molar-refractivity contribution in [3.63, 3.8) is 0 Å².